The number of halogens is 3. The maximum atomic E-state index is 12.3. The van der Waals surface area contributed by atoms with Crippen LogP contribution in [0.5, 0.6) is 0 Å². The van der Waals surface area contributed by atoms with Crippen molar-refractivity contribution in [1.82, 2.24) is 15.5 Å². The molecule has 0 aromatic heterocycles. The second-order valence-electron chi connectivity index (χ2n) is 6.02. The number of amides is 1. The SMILES string of the molecule is CCNC(=NCC(=O)N(C)CC(F)(F)F)NC(C)c1ccc(CC)cc1. The molecule has 0 saturated heterocycles. The zero-order valence-corrected chi connectivity index (χ0v) is 15.7. The van der Waals surface area contributed by atoms with E-state index in [9.17, 15) is 18.0 Å². The molecule has 0 radical (unpaired) electrons. The number of alkyl halides is 3. The van der Waals surface area contributed by atoms with Crippen LogP contribution in [0, 0.1) is 0 Å². The monoisotopic (exact) mass is 372 g/mol. The summed E-state index contributed by atoms with van der Waals surface area (Å²) in [7, 11) is 1.11. The van der Waals surface area contributed by atoms with Crippen LogP contribution in [0.3, 0.4) is 0 Å². The fraction of sp³-hybridized carbons (Fsp3) is 0.556. The predicted octanol–water partition coefficient (Wildman–Crippen LogP) is 2.89. The maximum Gasteiger partial charge on any atom is 0.406 e. The van der Waals surface area contributed by atoms with Crippen molar-refractivity contribution in [3.05, 3.63) is 35.4 Å². The molecule has 2 N–H and O–H groups in total. The van der Waals surface area contributed by atoms with Gasteiger partial charge in [-0.3, -0.25) is 4.79 Å². The van der Waals surface area contributed by atoms with Gasteiger partial charge in [-0.05, 0) is 31.4 Å². The zero-order valence-electron chi connectivity index (χ0n) is 15.7. The van der Waals surface area contributed by atoms with Crippen LogP contribution in [0.25, 0.3) is 0 Å². The normalized spacial score (nSPS) is 13.3. The van der Waals surface area contributed by atoms with Crippen LogP contribution in [0.15, 0.2) is 29.3 Å². The molecule has 146 valence electrons. The van der Waals surface area contributed by atoms with Crippen molar-refractivity contribution >= 4 is 11.9 Å². The number of nitrogens with zero attached hydrogens (tertiary/aromatic N) is 2. The van der Waals surface area contributed by atoms with Crippen molar-refractivity contribution in [3.63, 3.8) is 0 Å². The number of nitrogens with one attached hydrogen (secondary N) is 2. The van der Waals surface area contributed by atoms with E-state index in [0.717, 1.165) is 19.0 Å². The van der Waals surface area contributed by atoms with Crippen LogP contribution in [-0.2, 0) is 11.2 Å². The number of benzene rings is 1. The van der Waals surface area contributed by atoms with Gasteiger partial charge in [0.15, 0.2) is 5.96 Å². The van der Waals surface area contributed by atoms with Gasteiger partial charge < -0.3 is 15.5 Å². The molecule has 0 spiro atoms. The van der Waals surface area contributed by atoms with E-state index in [2.05, 4.69) is 22.5 Å². The van der Waals surface area contributed by atoms with Crippen molar-refractivity contribution in [2.45, 2.75) is 39.4 Å². The topological polar surface area (TPSA) is 56.7 Å². The Labute approximate surface area is 152 Å². The molecule has 1 aromatic rings. The summed E-state index contributed by atoms with van der Waals surface area (Å²) in [4.78, 5) is 16.5. The maximum absolute atomic E-state index is 12.3. The lowest BCUT2D eigenvalue weighted by Gasteiger charge is -2.20. The first-order chi connectivity index (χ1) is 12.2. The van der Waals surface area contributed by atoms with E-state index in [4.69, 9.17) is 0 Å². The van der Waals surface area contributed by atoms with E-state index in [1.54, 1.807) is 0 Å². The van der Waals surface area contributed by atoms with Crippen LogP contribution >= 0.6 is 0 Å². The van der Waals surface area contributed by atoms with Crippen LogP contribution in [0.1, 0.15) is 37.9 Å². The molecule has 0 aliphatic heterocycles. The third-order valence-corrected chi connectivity index (χ3v) is 3.80. The van der Waals surface area contributed by atoms with E-state index < -0.39 is 18.6 Å². The van der Waals surface area contributed by atoms with Crippen LogP contribution in [-0.4, -0.2) is 49.6 Å². The molecular weight excluding hydrogens is 345 g/mol. The largest absolute Gasteiger partial charge is 0.406 e. The van der Waals surface area contributed by atoms with Gasteiger partial charge in [-0.25, -0.2) is 4.99 Å². The molecule has 26 heavy (non-hydrogen) atoms. The van der Waals surface area contributed by atoms with E-state index in [0.29, 0.717) is 17.4 Å². The lowest BCUT2D eigenvalue weighted by Crippen LogP contribution is -2.41. The second kappa shape index (κ2) is 10.0. The minimum absolute atomic E-state index is 0.0679. The number of hydrogen-bond acceptors (Lipinski definition) is 2. The summed E-state index contributed by atoms with van der Waals surface area (Å²) in [6.45, 7) is 4.83. The second-order valence-corrected chi connectivity index (χ2v) is 6.02. The van der Waals surface area contributed by atoms with Crippen molar-refractivity contribution in [3.8, 4) is 0 Å². The summed E-state index contributed by atoms with van der Waals surface area (Å²) in [5.41, 5.74) is 2.29. The number of rotatable bonds is 7. The number of aliphatic imine (C=N–C) groups is 1. The first-order valence-electron chi connectivity index (χ1n) is 8.60. The summed E-state index contributed by atoms with van der Waals surface area (Å²) in [6.07, 6.45) is -3.46. The highest BCUT2D eigenvalue weighted by Crippen LogP contribution is 2.16. The fourth-order valence-electron chi connectivity index (χ4n) is 2.27. The van der Waals surface area contributed by atoms with E-state index >= 15 is 0 Å². The molecule has 0 aliphatic carbocycles. The molecule has 5 nitrogen and oxygen atoms in total. The lowest BCUT2D eigenvalue weighted by molar-refractivity contribution is -0.157. The molecule has 8 heteroatoms. The molecule has 1 atom stereocenters. The minimum atomic E-state index is -4.42. The smallest absolute Gasteiger partial charge is 0.357 e. The molecule has 1 unspecified atom stereocenters. The van der Waals surface area contributed by atoms with Gasteiger partial charge >= 0.3 is 6.18 Å². The Hall–Kier alpha value is -2.25. The predicted molar refractivity (Wildman–Crippen MR) is 97.0 cm³/mol. The minimum Gasteiger partial charge on any atom is -0.357 e. The molecule has 0 fully saturated rings. The molecule has 0 bridgehead atoms. The summed E-state index contributed by atoms with van der Waals surface area (Å²) < 4.78 is 37.0. The van der Waals surface area contributed by atoms with Crippen molar-refractivity contribution in [2.24, 2.45) is 4.99 Å². The lowest BCUT2D eigenvalue weighted by atomic mass is 10.1. The quantitative estimate of drug-likeness (QED) is 0.572. The van der Waals surface area contributed by atoms with Gasteiger partial charge in [0.05, 0.1) is 6.04 Å². The average molecular weight is 372 g/mol. The number of carbonyl (C=O) groups excluding carboxylic acids is 1. The Morgan fingerprint density at radius 1 is 1.23 bits per heavy atom. The molecule has 1 rings (SSSR count). The van der Waals surface area contributed by atoms with Crippen LogP contribution in [0.4, 0.5) is 13.2 Å². The number of carbonyl (C=O) groups is 1. The Morgan fingerprint density at radius 2 is 1.85 bits per heavy atom. The van der Waals surface area contributed by atoms with Gasteiger partial charge in [-0.1, -0.05) is 31.2 Å². The highest BCUT2D eigenvalue weighted by Gasteiger charge is 2.31. The zero-order chi connectivity index (χ0) is 19.7. The summed E-state index contributed by atoms with van der Waals surface area (Å²) >= 11 is 0. The Bertz CT molecular complexity index is 599. The molecular formula is C18H27F3N4O. The van der Waals surface area contributed by atoms with Gasteiger partial charge in [0.1, 0.15) is 13.1 Å². The molecule has 0 heterocycles. The first kappa shape index (κ1) is 21.8. The number of aryl methyl sites for hydroxylation is 1. The molecule has 0 aliphatic rings. The highest BCUT2D eigenvalue weighted by molar-refractivity contribution is 5.85. The van der Waals surface area contributed by atoms with Gasteiger partial charge in [0.25, 0.3) is 0 Å². The van der Waals surface area contributed by atoms with Crippen molar-refractivity contribution < 1.29 is 18.0 Å². The van der Waals surface area contributed by atoms with Crippen LogP contribution in [0.2, 0.25) is 0 Å². The summed E-state index contributed by atoms with van der Waals surface area (Å²) in [6, 6.07) is 8.06. The number of likely N-dealkylation sites (N-methyl/N-ethyl adjacent to an activating group) is 1. The van der Waals surface area contributed by atoms with E-state index in [1.807, 2.05) is 38.1 Å². The molecule has 1 amide bonds. The Balaban J connectivity index is 2.71. The van der Waals surface area contributed by atoms with Gasteiger partial charge in [-0.15, -0.1) is 0 Å². The summed E-state index contributed by atoms with van der Waals surface area (Å²) in [5, 5.41) is 6.15. The fourth-order valence-corrected chi connectivity index (χ4v) is 2.27. The average Bonchev–Trinajstić information content (AvgIpc) is 2.58. The van der Waals surface area contributed by atoms with Crippen molar-refractivity contribution in [2.75, 3.05) is 26.7 Å². The standard InChI is InChI=1S/C18H27F3N4O/c1-5-14-7-9-15(10-8-14)13(3)24-17(22-6-2)23-11-16(26)25(4)12-18(19,20)21/h7-10,13H,5-6,11-12H2,1-4H3,(H2,22,23,24). The third kappa shape index (κ3) is 7.76. The number of guanidine groups is 1. The number of hydrogen-bond donors (Lipinski definition) is 2. The van der Waals surface area contributed by atoms with Crippen LogP contribution < -0.4 is 10.6 Å². The molecule has 0 saturated carbocycles. The third-order valence-electron chi connectivity index (χ3n) is 3.80. The Morgan fingerprint density at radius 3 is 2.35 bits per heavy atom. The summed E-state index contributed by atoms with van der Waals surface area (Å²) in [5.74, 6) is -0.312. The molecule has 1 aromatic carbocycles. The van der Waals surface area contributed by atoms with Gasteiger partial charge in [-0.2, -0.15) is 13.2 Å². The van der Waals surface area contributed by atoms with E-state index in [1.165, 1.54) is 5.56 Å². The van der Waals surface area contributed by atoms with Crippen molar-refractivity contribution in [1.29, 1.82) is 0 Å². The Kier molecular flexibility index (Phi) is 8.41. The highest BCUT2D eigenvalue weighted by atomic mass is 19.4. The first-order valence-corrected chi connectivity index (χ1v) is 8.60. The van der Waals surface area contributed by atoms with Gasteiger partial charge in [0, 0.05) is 13.6 Å². The van der Waals surface area contributed by atoms with Gasteiger partial charge in [0.2, 0.25) is 5.91 Å². The van der Waals surface area contributed by atoms with E-state index in [-0.39, 0.29) is 12.6 Å².